The summed E-state index contributed by atoms with van der Waals surface area (Å²) in [6.45, 7) is 1.78. The zero-order chi connectivity index (χ0) is 9.84. The third kappa shape index (κ3) is 1.67. The molecular weight excluding hydrogens is 166 g/mol. The van der Waals surface area contributed by atoms with Gasteiger partial charge in [-0.25, -0.2) is 0 Å². The number of carbonyl (C=O) groups excluding carboxylic acids is 1. The second-order valence-electron chi connectivity index (χ2n) is 2.64. The van der Waals surface area contributed by atoms with Crippen molar-refractivity contribution in [3.05, 3.63) is 28.8 Å². The Kier molecular flexibility index (Phi) is 2.65. The van der Waals surface area contributed by atoms with Crippen LogP contribution in [-0.4, -0.2) is 13.4 Å². The zero-order valence-corrected chi connectivity index (χ0v) is 7.50. The summed E-state index contributed by atoms with van der Waals surface area (Å²) < 4.78 is 4.95. The van der Waals surface area contributed by atoms with E-state index in [1.54, 1.807) is 19.1 Å². The number of hydrogen-bond donors (Lipinski definition) is 0. The summed E-state index contributed by atoms with van der Waals surface area (Å²) in [5.74, 6) is 0.442. The van der Waals surface area contributed by atoms with Crippen LogP contribution in [0.1, 0.15) is 21.5 Å². The standard InChI is InChI=1S/C10H9NO2/c1-7-3-9(6-12)10(13-2)4-8(7)5-11/h3-4,6H,1-2H3. The first-order chi connectivity index (χ1) is 6.22. The van der Waals surface area contributed by atoms with Gasteiger partial charge in [-0.15, -0.1) is 0 Å². The van der Waals surface area contributed by atoms with E-state index in [0.717, 1.165) is 5.56 Å². The van der Waals surface area contributed by atoms with E-state index >= 15 is 0 Å². The highest BCUT2D eigenvalue weighted by atomic mass is 16.5. The van der Waals surface area contributed by atoms with E-state index in [-0.39, 0.29) is 0 Å². The predicted molar refractivity (Wildman–Crippen MR) is 47.8 cm³/mol. The fourth-order valence-electron chi connectivity index (χ4n) is 1.10. The van der Waals surface area contributed by atoms with E-state index in [1.807, 2.05) is 6.07 Å². The van der Waals surface area contributed by atoms with Gasteiger partial charge in [0.1, 0.15) is 5.75 Å². The first kappa shape index (κ1) is 9.27. The second kappa shape index (κ2) is 3.72. The molecule has 1 aromatic carbocycles. The monoisotopic (exact) mass is 175 g/mol. The lowest BCUT2D eigenvalue weighted by atomic mass is 10.1. The third-order valence-electron chi connectivity index (χ3n) is 1.82. The highest BCUT2D eigenvalue weighted by Gasteiger charge is 2.06. The molecular formula is C10H9NO2. The molecule has 0 heterocycles. The van der Waals surface area contributed by atoms with Crippen molar-refractivity contribution in [3.63, 3.8) is 0 Å². The van der Waals surface area contributed by atoms with E-state index in [2.05, 4.69) is 0 Å². The molecule has 0 bridgehead atoms. The summed E-state index contributed by atoms with van der Waals surface area (Å²) in [5.41, 5.74) is 1.78. The van der Waals surface area contributed by atoms with Crippen molar-refractivity contribution in [1.29, 1.82) is 5.26 Å². The lowest BCUT2D eigenvalue weighted by Crippen LogP contribution is -1.93. The van der Waals surface area contributed by atoms with Crippen molar-refractivity contribution in [2.45, 2.75) is 6.92 Å². The number of carbonyl (C=O) groups is 1. The molecule has 0 spiro atoms. The number of rotatable bonds is 2. The molecule has 0 fully saturated rings. The number of nitriles is 1. The van der Waals surface area contributed by atoms with Gasteiger partial charge in [-0.3, -0.25) is 4.79 Å². The number of ether oxygens (including phenoxy) is 1. The zero-order valence-electron chi connectivity index (χ0n) is 7.50. The van der Waals surface area contributed by atoms with Gasteiger partial charge in [0.15, 0.2) is 6.29 Å². The third-order valence-corrected chi connectivity index (χ3v) is 1.82. The molecule has 66 valence electrons. The molecule has 0 amide bonds. The van der Waals surface area contributed by atoms with Gasteiger partial charge in [-0.1, -0.05) is 0 Å². The van der Waals surface area contributed by atoms with Gasteiger partial charge >= 0.3 is 0 Å². The lowest BCUT2D eigenvalue weighted by molar-refractivity contribution is 0.112. The van der Waals surface area contributed by atoms with E-state index in [4.69, 9.17) is 10.00 Å². The summed E-state index contributed by atoms with van der Waals surface area (Å²) >= 11 is 0. The minimum atomic E-state index is 0.442. The Hall–Kier alpha value is -1.82. The molecule has 0 N–H and O–H groups in total. The fourth-order valence-corrected chi connectivity index (χ4v) is 1.10. The van der Waals surface area contributed by atoms with Crippen molar-refractivity contribution < 1.29 is 9.53 Å². The molecule has 0 radical (unpaired) electrons. The van der Waals surface area contributed by atoms with Gasteiger partial charge in [0, 0.05) is 0 Å². The number of hydrogen-bond acceptors (Lipinski definition) is 3. The van der Waals surface area contributed by atoms with Gasteiger partial charge in [0.25, 0.3) is 0 Å². The molecule has 0 aliphatic heterocycles. The van der Waals surface area contributed by atoms with Gasteiger partial charge in [0.2, 0.25) is 0 Å². The first-order valence-electron chi connectivity index (χ1n) is 3.77. The largest absolute Gasteiger partial charge is 0.496 e. The number of aldehydes is 1. The Morgan fingerprint density at radius 3 is 2.69 bits per heavy atom. The Morgan fingerprint density at radius 1 is 1.54 bits per heavy atom. The molecule has 3 heteroatoms. The Morgan fingerprint density at radius 2 is 2.23 bits per heavy atom. The summed E-state index contributed by atoms with van der Waals surface area (Å²) in [5, 5.41) is 8.71. The molecule has 13 heavy (non-hydrogen) atoms. The SMILES string of the molecule is COc1cc(C#N)c(C)cc1C=O. The molecule has 0 saturated carbocycles. The molecule has 0 atom stereocenters. The van der Waals surface area contributed by atoms with Gasteiger partial charge in [0.05, 0.1) is 24.3 Å². The number of nitrogens with zero attached hydrogens (tertiary/aromatic N) is 1. The number of methoxy groups -OCH3 is 1. The van der Waals surface area contributed by atoms with Crippen molar-refractivity contribution in [1.82, 2.24) is 0 Å². The highest BCUT2D eigenvalue weighted by Crippen LogP contribution is 2.21. The van der Waals surface area contributed by atoms with E-state index < -0.39 is 0 Å². The van der Waals surface area contributed by atoms with E-state index in [9.17, 15) is 4.79 Å². The molecule has 1 rings (SSSR count). The summed E-state index contributed by atoms with van der Waals surface area (Å²) in [7, 11) is 1.47. The lowest BCUT2D eigenvalue weighted by Gasteiger charge is -2.05. The van der Waals surface area contributed by atoms with Crippen molar-refractivity contribution in [2.75, 3.05) is 7.11 Å². The van der Waals surface area contributed by atoms with Crippen LogP contribution in [0.5, 0.6) is 5.75 Å². The first-order valence-corrected chi connectivity index (χ1v) is 3.77. The van der Waals surface area contributed by atoms with Crippen LogP contribution in [0.2, 0.25) is 0 Å². The maximum atomic E-state index is 10.6. The number of benzene rings is 1. The van der Waals surface area contributed by atoms with Gasteiger partial charge < -0.3 is 4.74 Å². The molecule has 1 aromatic rings. The van der Waals surface area contributed by atoms with Crippen LogP contribution in [-0.2, 0) is 0 Å². The van der Waals surface area contributed by atoms with Crippen molar-refractivity contribution >= 4 is 6.29 Å². The summed E-state index contributed by atoms with van der Waals surface area (Å²) in [4.78, 5) is 10.6. The van der Waals surface area contributed by atoms with Crippen LogP contribution in [0.15, 0.2) is 12.1 Å². The van der Waals surface area contributed by atoms with Gasteiger partial charge in [-0.05, 0) is 24.6 Å². The Balaban J connectivity index is 3.36. The molecule has 0 aliphatic carbocycles. The van der Waals surface area contributed by atoms with Crippen LogP contribution in [0.4, 0.5) is 0 Å². The average molecular weight is 175 g/mol. The van der Waals surface area contributed by atoms with Crippen LogP contribution < -0.4 is 4.74 Å². The van der Waals surface area contributed by atoms with Gasteiger partial charge in [-0.2, -0.15) is 5.26 Å². The molecule has 0 aromatic heterocycles. The molecule has 0 unspecified atom stereocenters. The summed E-state index contributed by atoms with van der Waals surface area (Å²) in [6, 6.07) is 5.24. The van der Waals surface area contributed by atoms with E-state index in [1.165, 1.54) is 7.11 Å². The Labute approximate surface area is 76.6 Å². The van der Waals surface area contributed by atoms with Crippen molar-refractivity contribution in [2.24, 2.45) is 0 Å². The normalized spacial score (nSPS) is 9.00. The topological polar surface area (TPSA) is 50.1 Å². The average Bonchev–Trinajstić information content (AvgIpc) is 2.17. The van der Waals surface area contributed by atoms with Crippen LogP contribution >= 0.6 is 0 Å². The molecule has 3 nitrogen and oxygen atoms in total. The fraction of sp³-hybridized carbons (Fsp3) is 0.200. The minimum Gasteiger partial charge on any atom is -0.496 e. The minimum absolute atomic E-state index is 0.442. The van der Waals surface area contributed by atoms with Crippen LogP contribution in [0.25, 0.3) is 0 Å². The number of aryl methyl sites for hydroxylation is 1. The van der Waals surface area contributed by atoms with Crippen LogP contribution in [0.3, 0.4) is 0 Å². The quantitative estimate of drug-likeness (QED) is 0.642. The van der Waals surface area contributed by atoms with E-state index in [0.29, 0.717) is 23.2 Å². The molecule has 0 aliphatic rings. The maximum Gasteiger partial charge on any atom is 0.153 e. The van der Waals surface area contributed by atoms with Crippen molar-refractivity contribution in [3.8, 4) is 11.8 Å². The summed E-state index contributed by atoms with van der Waals surface area (Å²) in [6.07, 6.45) is 0.715. The van der Waals surface area contributed by atoms with Crippen LogP contribution in [0, 0.1) is 18.3 Å². The molecule has 0 saturated heterocycles. The Bertz CT molecular complexity index is 377. The maximum absolute atomic E-state index is 10.6. The second-order valence-corrected chi connectivity index (χ2v) is 2.64. The predicted octanol–water partition coefficient (Wildman–Crippen LogP) is 1.69. The highest BCUT2D eigenvalue weighted by molar-refractivity contribution is 5.80. The smallest absolute Gasteiger partial charge is 0.153 e.